The van der Waals surface area contributed by atoms with Gasteiger partial charge in [0.2, 0.25) is 5.91 Å². The van der Waals surface area contributed by atoms with Gasteiger partial charge in [-0.15, -0.1) is 0 Å². The monoisotopic (exact) mass is 608 g/mol. The number of rotatable bonds is 9. The molecule has 11 heteroatoms. The highest BCUT2D eigenvalue weighted by molar-refractivity contribution is 5.98. The number of nitro benzene ring substituents is 1. The summed E-state index contributed by atoms with van der Waals surface area (Å²) in [4.78, 5) is 45.1. The van der Waals surface area contributed by atoms with Gasteiger partial charge in [0, 0.05) is 32.1 Å². The highest BCUT2D eigenvalue weighted by Gasteiger charge is 2.57. The number of aliphatic hydroxyl groups is 2. The zero-order chi connectivity index (χ0) is 32.1. The number of carbonyl (C=O) groups is 2. The van der Waals surface area contributed by atoms with Gasteiger partial charge in [0.1, 0.15) is 17.7 Å². The van der Waals surface area contributed by atoms with Gasteiger partial charge in [-0.1, -0.05) is 45.0 Å². The molecule has 2 aromatic rings. The topological polar surface area (TPSA) is 145 Å². The maximum atomic E-state index is 13.9. The lowest BCUT2D eigenvalue weighted by atomic mass is 9.45. The smallest absolute Gasteiger partial charge is 0.282 e. The van der Waals surface area contributed by atoms with Crippen LogP contribution in [0.3, 0.4) is 0 Å². The normalized spacial score (nSPS) is 29.9. The van der Waals surface area contributed by atoms with Crippen LogP contribution in [0.1, 0.15) is 56.5 Å². The first kappa shape index (κ1) is 32.0. The lowest BCUT2D eigenvalue weighted by Gasteiger charge is -2.62. The lowest BCUT2D eigenvalue weighted by Crippen LogP contribution is -2.62. The Bertz CT molecular complexity index is 1430. The van der Waals surface area contributed by atoms with Crippen molar-refractivity contribution in [1.29, 1.82) is 0 Å². The Labute approximate surface area is 258 Å². The summed E-state index contributed by atoms with van der Waals surface area (Å²) in [6.45, 7) is 8.27. The van der Waals surface area contributed by atoms with E-state index in [9.17, 15) is 29.9 Å². The molecule has 8 atom stereocenters. The third-order valence-electron chi connectivity index (χ3n) is 10.5. The quantitative estimate of drug-likeness (QED) is 0.289. The molecule has 11 nitrogen and oxygen atoms in total. The van der Waals surface area contributed by atoms with E-state index in [2.05, 4.69) is 26.1 Å². The summed E-state index contributed by atoms with van der Waals surface area (Å²) >= 11 is 0. The Balaban J connectivity index is 1.39. The van der Waals surface area contributed by atoms with Gasteiger partial charge in [0.15, 0.2) is 0 Å². The highest BCUT2D eigenvalue weighted by atomic mass is 16.7. The van der Waals surface area contributed by atoms with Crippen LogP contribution in [0.4, 0.5) is 5.69 Å². The number of nitrogens with zero attached hydrogens (tertiary/aromatic N) is 3. The molecule has 2 bridgehead atoms. The average molecular weight is 609 g/mol. The third-order valence-corrected chi connectivity index (χ3v) is 10.5. The number of fused-ring (bicyclic) bond motifs is 2. The van der Waals surface area contributed by atoms with E-state index < -0.39 is 35.0 Å². The summed E-state index contributed by atoms with van der Waals surface area (Å²) in [7, 11) is 3.08. The van der Waals surface area contributed by atoms with E-state index in [1.165, 1.54) is 23.5 Å². The molecule has 1 aliphatic heterocycles. The fourth-order valence-corrected chi connectivity index (χ4v) is 7.80. The van der Waals surface area contributed by atoms with E-state index in [1.807, 2.05) is 24.3 Å². The molecule has 1 heterocycles. The number of carbonyl (C=O) groups excluding carboxylic acids is 2. The second-order valence-corrected chi connectivity index (χ2v) is 13.6. The van der Waals surface area contributed by atoms with Gasteiger partial charge in [-0.2, -0.15) is 5.06 Å². The molecule has 4 fully saturated rings. The van der Waals surface area contributed by atoms with Crippen molar-refractivity contribution in [3.63, 3.8) is 0 Å². The summed E-state index contributed by atoms with van der Waals surface area (Å²) in [5, 5.41) is 37.5. The molecule has 0 unspecified atom stereocenters. The molecule has 4 aliphatic rings. The summed E-state index contributed by atoms with van der Waals surface area (Å²) < 4.78 is 0. The molecule has 2 aromatic carbocycles. The van der Waals surface area contributed by atoms with Crippen LogP contribution in [0.2, 0.25) is 0 Å². The van der Waals surface area contributed by atoms with E-state index in [-0.39, 0.29) is 41.8 Å². The van der Waals surface area contributed by atoms with Gasteiger partial charge in [-0.3, -0.25) is 24.5 Å². The Morgan fingerprint density at radius 3 is 2.48 bits per heavy atom. The molecule has 0 radical (unpaired) electrons. The minimum absolute atomic E-state index is 0.00610. The van der Waals surface area contributed by atoms with Gasteiger partial charge < -0.3 is 20.4 Å². The van der Waals surface area contributed by atoms with Gasteiger partial charge >= 0.3 is 0 Å². The Kier molecular flexibility index (Phi) is 8.87. The number of hydrogen-bond donors (Lipinski definition) is 3. The number of benzene rings is 2. The maximum Gasteiger partial charge on any atom is 0.282 e. The third kappa shape index (κ3) is 5.74. The predicted octanol–water partition coefficient (Wildman–Crippen LogP) is 3.62. The standard InChI is InChI=1S/C33H44N4O7/c1-18-25-14-23(33(25,3)4)15-26(18)34-31(40)30-29(19(2)39)28(17-38)44-36(30)16-20-8-7-9-21(12-20)22-10-11-24(32(41)35(5)6)27(13-22)37(42)43/h7-13,18-19,23,25-26,28-30,38-39H,14-17H2,1-6H3,(H,34,40)/t18-,19-,23-,25+,26-,28-,29+,30-/m0/s1. The molecule has 1 saturated heterocycles. The lowest BCUT2D eigenvalue weighted by molar-refractivity contribution is -0.385. The van der Waals surface area contributed by atoms with E-state index in [0.29, 0.717) is 28.9 Å². The van der Waals surface area contributed by atoms with Gasteiger partial charge in [0.05, 0.1) is 24.2 Å². The largest absolute Gasteiger partial charge is 0.394 e. The molecule has 44 heavy (non-hydrogen) atoms. The van der Waals surface area contributed by atoms with Crippen LogP contribution in [-0.4, -0.2) is 81.9 Å². The van der Waals surface area contributed by atoms with E-state index in [1.54, 1.807) is 32.1 Å². The molecule has 238 valence electrons. The van der Waals surface area contributed by atoms with Crippen molar-refractivity contribution < 1.29 is 29.6 Å². The first-order chi connectivity index (χ1) is 20.7. The minimum Gasteiger partial charge on any atom is -0.394 e. The van der Waals surface area contributed by atoms with Crippen LogP contribution in [0.15, 0.2) is 42.5 Å². The summed E-state index contributed by atoms with van der Waals surface area (Å²) in [5.41, 5.74) is 2.03. The van der Waals surface area contributed by atoms with E-state index in [4.69, 9.17) is 4.84 Å². The molecular weight excluding hydrogens is 564 g/mol. The molecule has 3 saturated carbocycles. The molecular formula is C33H44N4O7. The van der Waals surface area contributed by atoms with Crippen LogP contribution in [-0.2, 0) is 16.2 Å². The number of hydrogen-bond acceptors (Lipinski definition) is 8. The molecule has 6 rings (SSSR count). The number of nitrogens with one attached hydrogen (secondary N) is 1. The van der Waals surface area contributed by atoms with Crippen molar-refractivity contribution in [2.45, 2.75) is 71.4 Å². The van der Waals surface area contributed by atoms with Crippen LogP contribution in [0.5, 0.6) is 0 Å². The number of hydroxylamine groups is 2. The average Bonchev–Trinajstić information content (AvgIpc) is 3.35. The van der Waals surface area contributed by atoms with Crippen molar-refractivity contribution >= 4 is 17.5 Å². The SMILES string of the molecule is C[C@@H]1[C@@H](NC(=O)[C@@H]2[C@H]([C@H](C)O)[C@H](CO)ON2Cc2cccc(-c3ccc(C(=O)N(C)C)c([N+](=O)[O-])c3)c2)C[C@@H]2C[C@H]1C2(C)C. The van der Waals surface area contributed by atoms with Crippen molar-refractivity contribution in [3.8, 4) is 11.1 Å². The molecule has 3 N–H and O–H groups in total. The highest BCUT2D eigenvalue weighted by Crippen LogP contribution is 2.61. The van der Waals surface area contributed by atoms with Crippen LogP contribution >= 0.6 is 0 Å². The van der Waals surface area contributed by atoms with Gasteiger partial charge in [0.25, 0.3) is 11.6 Å². The second-order valence-electron chi connectivity index (χ2n) is 13.6. The number of aliphatic hydroxyl groups excluding tert-OH is 2. The first-order valence-corrected chi connectivity index (χ1v) is 15.4. The number of amides is 2. The Hall–Kier alpha value is -3.38. The molecule has 0 aromatic heterocycles. The zero-order valence-electron chi connectivity index (χ0n) is 26.3. The van der Waals surface area contributed by atoms with E-state index in [0.717, 1.165) is 12.0 Å². The molecule has 2 amide bonds. The Morgan fingerprint density at radius 2 is 1.89 bits per heavy atom. The minimum atomic E-state index is -0.903. The van der Waals surface area contributed by atoms with Crippen molar-refractivity contribution in [2.24, 2.45) is 29.1 Å². The fourth-order valence-electron chi connectivity index (χ4n) is 7.80. The summed E-state index contributed by atoms with van der Waals surface area (Å²) in [6.07, 6.45) is 0.449. The van der Waals surface area contributed by atoms with E-state index >= 15 is 0 Å². The zero-order valence-corrected chi connectivity index (χ0v) is 26.3. The van der Waals surface area contributed by atoms with Gasteiger partial charge in [-0.05, 0) is 71.8 Å². The maximum absolute atomic E-state index is 13.9. The summed E-state index contributed by atoms with van der Waals surface area (Å²) in [6, 6.07) is 11.1. The Morgan fingerprint density at radius 1 is 1.18 bits per heavy atom. The van der Waals surface area contributed by atoms with Crippen LogP contribution in [0, 0.1) is 39.2 Å². The molecule has 0 spiro atoms. The van der Waals surface area contributed by atoms with Crippen molar-refractivity contribution in [2.75, 3.05) is 20.7 Å². The second kappa shape index (κ2) is 12.2. The molecule has 3 aliphatic carbocycles. The van der Waals surface area contributed by atoms with Gasteiger partial charge in [-0.25, -0.2) is 0 Å². The van der Waals surface area contributed by atoms with Crippen LogP contribution in [0.25, 0.3) is 11.1 Å². The number of nitro groups is 1. The fraction of sp³-hybridized carbons (Fsp3) is 0.576. The predicted molar refractivity (Wildman–Crippen MR) is 164 cm³/mol. The van der Waals surface area contributed by atoms with Crippen molar-refractivity contribution in [1.82, 2.24) is 15.3 Å². The van der Waals surface area contributed by atoms with Crippen LogP contribution < -0.4 is 5.32 Å². The van der Waals surface area contributed by atoms with Crippen molar-refractivity contribution in [3.05, 3.63) is 63.7 Å². The first-order valence-electron chi connectivity index (χ1n) is 15.4. The summed E-state index contributed by atoms with van der Waals surface area (Å²) in [5.74, 6) is 0.119.